The maximum atomic E-state index is 3.44. The fourth-order valence-corrected chi connectivity index (χ4v) is 2.95. The Labute approximate surface area is 118 Å². The van der Waals surface area contributed by atoms with Crippen LogP contribution in [0.1, 0.15) is 37.0 Å². The second-order valence-corrected chi connectivity index (χ2v) is 6.41. The normalized spacial score (nSPS) is 17.7. The van der Waals surface area contributed by atoms with Gasteiger partial charge >= 0.3 is 0 Å². The first-order valence-corrected chi connectivity index (χ1v) is 7.51. The quantitative estimate of drug-likeness (QED) is 0.895. The van der Waals surface area contributed by atoms with Crippen molar-refractivity contribution in [3.05, 3.63) is 34.9 Å². The first-order valence-electron chi connectivity index (χ1n) is 7.51. The van der Waals surface area contributed by atoms with E-state index in [4.69, 9.17) is 0 Å². The molecule has 0 radical (unpaired) electrons. The second-order valence-electron chi connectivity index (χ2n) is 6.41. The van der Waals surface area contributed by atoms with Gasteiger partial charge in [-0.25, -0.2) is 0 Å². The topological polar surface area (TPSA) is 15.3 Å². The summed E-state index contributed by atoms with van der Waals surface area (Å²) >= 11 is 0. The highest BCUT2D eigenvalue weighted by Crippen LogP contribution is 2.23. The van der Waals surface area contributed by atoms with Gasteiger partial charge in [-0.15, -0.1) is 0 Å². The average Bonchev–Trinajstić information content (AvgIpc) is 2.41. The molecular formula is C17H28N2. The summed E-state index contributed by atoms with van der Waals surface area (Å²) in [7, 11) is 0. The number of benzene rings is 1. The molecule has 106 valence electrons. The number of nitrogens with zero attached hydrogens (tertiary/aromatic N) is 1. The highest BCUT2D eigenvalue weighted by Gasteiger charge is 2.27. The molecule has 1 aromatic carbocycles. The van der Waals surface area contributed by atoms with Crippen molar-refractivity contribution in [2.75, 3.05) is 26.2 Å². The van der Waals surface area contributed by atoms with Gasteiger partial charge in [-0.1, -0.05) is 18.2 Å². The predicted molar refractivity (Wildman–Crippen MR) is 82.8 cm³/mol. The Kier molecular flexibility index (Phi) is 4.64. The van der Waals surface area contributed by atoms with Crippen LogP contribution in [0.4, 0.5) is 0 Å². The molecule has 2 nitrogen and oxygen atoms in total. The molecule has 0 bridgehead atoms. The van der Waals surface area contributed by atoms with E-state index in [1.165, 1.54) is 42.6 Å². The van der Waals surface area contributed by atoms with Crippen molar-refractivity contribution in [2.24, 2.45) is 0 Å². The van der Waals surface area contributed by atoms with Crippen LogP contribution < -0.4 is 5.32 Å². The molecule has 0 spiro atoms. The van der Waals surface area contributed by atoms with Gasteiger partial charge in [0.1, 0.15) is 0 Å². The van der Waals surface area contributed by atoms with E-state index < -0.39 is 0 Å². The molecule has 1 aliphatic heterocycles. The fourth-order valence-electron chi connectivity index (χ4n) is 2.95. The van der Waals surface area contributed by atoms with Gasteiger partial charge in [0.25, 0.3) is 0 Å². The molecule has 1 fully saturated rings. The lowest BCUT2D eigenvalue weighted by molar-refractivity contribution is 0.0959. The van der Waals surface area contributed by atoms with Crippen molar-refractivity contribution in [1.29, 1.82) is 0 Å². The molecule has 0 atom stereocenters. The van der Waals surface area contributed by atoms with Crippen LogP contribution >= 0.6 is 0 Å². The SMILES string of the molecule is Cc1cccc(CCC(C)(C)N2CCNCC2)c1C. The summed E-state index contributed by atoms with van der Waals surface area (Å²) in [5.74, 6) is 0. The highest BCUT2D eigenvalue weighted by atomic mass is 15.2. The Morgan fingerprint density at radius 2 is 1.84 bits per heavy atom. The number of aryl methyl sites for hydroxylation is 2. The molecule has 0 aliphatic carbocycles. The second kappa shape index (κ2) is 6.06. The Balaban J connectivity index is 1.98. The van der Waals surface area contributed by atoms with Gasteiger partial charge in [-0.3, -0.25) is 4.90 Å². The van der Waals surface area contributed by atoms with E-state index >= 15 is 0 Å². The molecule has 19 heavy (non-hydrogen) atoms. The molecule has 1 aromatic rings. The van der Waals surface area contributed by atoms with Gasteiger partial charge in [-0.05, 0) is 57.2 Å². The first kappa shape index (κ1) is 14.5. The van der Waals surface area contributed by atoms with Crippen molar-refractivity contribution in [3.8, 4) is 0 Å². The number of hydrogen-bond donors (Lipinski definition) is 1. The molecular weight excluding hydrogens is 232 g/mol. The summed E-state index contributed by atoms with van der Waals surface area (Å²) in [6.07, 6.45) is 2.42. The van der Waals surface area contributed by atoms with Crippen molar-refractivity contribution in [1.82, 2.24) is 10.2 Å². The molecule has 1 saturated heterocycles. The minimum atomic E-state index is 0.304. The zero-order chi connectivity index (χ0) is 13.9. The first-order chi connectivity index (χ1) is 9.00. The molecule has 0 amide bonds. The summed E-state index contributed by atoms with van der Waals surface area (Å²) in [6.45, 7) is 13.9. The van der Waals surface area contributed by atoms with Crippen molar-refractivity contribution in [2.45, 2.75) is 46.1 Å². The monoisotopic (exact) mass is 260 g/mol. The molecule has 2 rings (SSSR count). The Hall–Kier alpha value is -0.860. The zero-order valence-electron chi connectivity index (χ0n) is 12.9. The van der Waals surface area contributed by atoms with Crippen LogP contribution in [-0.4, -0.2) is 36.6 Å². The maximum absolute atomic E-state index is 3.44. The molecule has 0 aromatic heterocycles. The van der Waals surface area contributed by atoms with Crippen LogP contribution in [0.15, 0.2) is 18.2 Å². The standard InChI is InChI=1S/C17H28N2/c1-14-6-5-7-16(15(14)2)8-9-17(3,4)19-12-10-18-11-13-19/h5-7,18H,8-13H2,1-4H3. The van der Waals surface area contributed by atoms with Gasteiger partial charge in [0, 0.05) is 31.7 Å². The Morgan fingerprint density at radius 3 is 2.53 bits per heavy atom. The third-order valence-electron chi connectivity index (χ3n) is 4.70. The zero-order valence-corrected chi connectivity index (χ0v) is 12.9. The molecule has 0 unspecified atom stereocenters. The number of nitrogens with one attached hydrogen (secondary N) is 1. The largest absolute Gasteiger partial charge is 0.314 e. The van der Waals surface area contributed by atoms with Gasteiger partial charge in [-0.2, -0.15) is 0 Å². The van der Waals surface area contributed by atoms with Gasteiger partial charge < -0.3 is 5.32 Å². The predicted octanol–water partition coefficient (Wildman–Crippen LogP) is 2.92. The molecule has 1 N–H and O–H groups in total. The van der Waals surface area contributed by atoms with E-state index in [-0.39, 0.29) is 0 Å². The third-order valence-corrected chi connectivity index (χ3v) is 4.70. The van der Waals surface area contributed by atoms with Crippen LogP contribution in [0.5, 0.6) is 0 Å². The van der Waals surface area contributed by atoms with Crippen LogP contribution in [0.3, 0.4) is 0 Å². The highest BCUT2D eigenvalue weighted by molar-refractivity contribution is 5.33. The average molecular weight is 260 g/mol. The lowest BCUT2D eigenvalue weighted by atomic mass is 9.90. The van der Waals surface area contributed by atoms with E-state index in [1.807, 2.05) is 0 Å². The van der Waals surface area contributed by atoms with E-state index in [0.29, 0.717) is 5.54 Å². The Morgan fingerprint density at radius 1 is 1.16 bits per heavy atom. The van der Waals surface area contributed by atoms with E-state index in [2.05, 4.69) is 56.1 Å². The molecule has 1 heterocycles. The van der Waals surface area contributed by atoms with Crippen LogP contribution in [0, 0.1) is 13.8 Å². The number of hydrogen-bond acceptors (Lipinski definition) is 2. The van der Waals surface area contributed by atoms with Crippen molar-refractivity contribution < 1.29 is 0 Å². The third kappa shape index (κ3) is 3.58. The molecule has 2 heteroatoms. The van der Waals surface area contributed by atoms with Crippen molar-refractivity contribution in [3.63, 3.8) is 0 Å². The van der Waals surface area contributed by atoms with Crippen LogP contribution in [0.2, 0.25) is 0 Å². The Bertz CT molecular complexity index is 417. The summed E-state index contributed by atoms with van der Waals surface area (Å²) in [5.41, 5.74) is 4.71. The van der Waals surface area contributed by atoms with E-state index in [1.54, 1.807) is 0 Å². The minimum Gasteiger partial charge on any atom is -0.314 e. The van der Waals surface area contributed by atoms with E-state index in [0.717, 1.165) is 13.1 Å². The summed E-state index contributed by atoms with van der Waals surface area (Å²) in [4.78, 5) is 2.63. The fraction of sp³-hybridized carbons (Fsp3) is 0.647. The van der Waals surface area contributed by atoms with Crippen LogP contribution in [0.25, 0.3) is 0 Å². The molecule has 0 saturated carbocycles. The van der Waals surface area contributed by atoms with Crippen LogP contribution in [-0.2, 0) is 6.42 Å². The summed E-state index contributed by atoms with van der Waals surface area (Å²) in [5, 5.41) is 3.44. The maximum Gasteiger partial charge on any atom is 0.0157 e. The summed E-state index contributed by atoms with van der Waals surface area (Å²) in [6, 6.07) is 6.69. The number of rotatable bonds is 4. The lowest BCUT2D eigenvalue weighted by Crippen LogP contribution is -2.53. The lowest BCUT2D eigenvalue weighted by Gasteiger charge is -2.41. The van der Waals surface area contributed by atoms with Crippen molar-refractivity contribution >= 4 is 0 Å². The van der Waals surface area contributed by atoms with Gasteiger partial charge in [0.05, 0.1) is 0 Å². The minimum absolute atomic E-state index is 0.304. The smallest absolute Gasteiger partial charge is 0.0157 e. The summed E-state index contributed by atoms with van der Waals surface area (Å²) < 4.78 is 0. The van der Waals surface area contributed by atoms with E-state index in [9.17, 15) is 0 Å². The molecule has 1 aliphatic rings. The van der Waals surface area contributed by atoms with Gasteiger partial charge in [0.2, 0.25) is 0 Å². The number of piperazine rings is 1. The van der Waals surface area contributed by atoms with Gasteiger partial charge in [0.15, 0.2) is 0 Å².